The van der Waals surface area contributed by atoms with E-state index >= 15 is 0 Å². The number of rotatable bonds is 5. The molecule has 9 heteroatoms. The summed E-state index contributed by atoms with van der Waals surface area (Å²) in [4.78, 5) is 16.9. The minimum atomic E-state index is -0.602. The van der Waals surface area contributed by atoms with Crippen LogP contribution >= 0.6 is 12.2 Å². The number of nitrogen functional groups attached to an aromatic ring is 1. The van der Waals surface area contributed by atoms with Gasteiger partial charge in [-0.15, -0.1) is 0 Å². The number of fused-ring (bicyclic) bond motifs is 3. The smallest absolute Gasteiger partial charge is 0.269 e. The molecule has 136 valence electrons. The average molecular weight is 381 g/mol. The van der Waals surface area contributed by atoms with Crippen molar-refractivity contribution < 1.29 is 14.0 Å². The van der Waals surface area contributed by atoms with Gasteiger partial charge in [-0.3, -0.25) is 9.93 Å². The Labute approximate surface area is 158 Å². The van der Waals surface area contributed by atoms with Gasteiger partial charge in [0.15, 0.2) is 11.4 Å². The Bertz CT molecular complexity index is 1160. The van der Waals surface area contributed by atoms with E-state index in [9.17, 15) is 4.79 Å². The molecule has 4 aromatic rings. The zero-order chi connectivity index (χ0) is 19.0. The minimum Gasteiger partial charge on any atom is -0.399 e. The number of carbonyl (C=O) groups excluding carboxylic acids is 1. The summed E-state index contributed by atoms with van der Waals surface area (Å²) in [6.07, 6.45) is 0. The Balaban J connectivity index is 1.96. The normalized spacial score (nSPS) is 11.1. The highest BCUT2D eigenvalue weighted by Crippen LogP contribution is 2.31. The molecule has 3 aromatic carbocycles. The lowest BCUT2D eigenvalue weighted by Gasteiger charge is -2.08. The van der Waals surface area contributed by atoms with E-state index in [0.717, 1.165) is 22.0 Å². The summed E-state index contributed by atoms with van der Waals surface area (Å²) in [5.41, 5.74) is 13.8. The van der Waals surface area contributed by atoms with Crippen LogP contribution < -0.4 is 21.5 Å². The number of hydrogen-bond acceptors (Lipinski definition) is 7. The van der Waals surface area contributed by atoms with E-state index in [0.29, 0.717) is 29.1 Å². The molecule has 0 fully saturated rings. The topological polar surface area (TPSA) is 131 Å². The highest BCUT2D eigenvalue weighted by Gasteiger charge is 2.18. The van der Waals surface area contributed by atoms with Crippen molar-refractivity contribution in [2.24, 2.45) is 10.9 Å². The number of primary amides is 1. The molecule has 0 aliphatic rings. The first-order valence-corrected chi connectivity index (χ1v) is 8.70. The molecule has 0 spiro atoms. The first-order valence-electron chi connectivity index (χ1n) is 7.90. The van der Waals surface area contributed by atoms with Crippen molar-refractivity contribution in [2.75, 3.05) is 5.73 Å². The van der Waals surface area contributed by atoms with Gasteiger partial charge in [0.2, 0.25) is 0 Å². The van der Waals surface area contributed by atoms with Gasteiger partial charge in [0.25, 0.3) is 5.91 Å². The second kappa shape index (κ2) is 6.80. The van der Waals surface area contributed by atoms with Gasteiger partial charge < -0.3 is 16.4 Å². The van der Waals surface area contributed by atoms with Gasteiger partial charge in [0.1, 0.15) is 12.2 Å². The average Bonchev–Trinajstić information content (AvgIpc) is 3.07. The highest BCUT2D eigenvalue weighted by atomic mass is 32.2. The fourth-order valence-electron chi connectivity index (χ4n) is 3.02. The van der Waals surface area contributed by atoms with Crippen LogP contribution in [0, 0.1) is 0 Å². The number of nitrogens with zero attached hydrogens (tertiary/aromatic N) is 2. The Morgan fingerprint density at radius 1 is 1.04 bits per heavy atom. The second-order valence-electron chi connectivity index (χ2n) is 5.81. The molecule has 0 radical (unpaired) electrons. The Hall–Kier alpha value is -3.27. The quantitative estimate of drug-likeness (QED) is 0.159. The summed E-state index contributed by atoms with van der Waals surface area (Å²) in [7, 11) is 0. The Morgan fingerprint density at radius 3 is 2.48 bits per heavy atom. The van der Waals surface area contributed by atoms with Crippen LogP contribution in [0.4, 0.5) is 5.69 Å². The molecule has 6 N–H and O–H groups in total. The minimum absolute atomic E-state index is 0.192. The zero-order valence-electron chi connectivity index (χ0n) is 14.0. The van der Waals surface area contributed by atoms with Crippen molar-refractivity contribution in [3.8, 4) is 11.4 Å². The van der Waals surface area contributed by atoms with Gasteiger partial charge in [-0.05, 0) is 47.9 Å². The van der Waals surface area contributed by atoms with Crippen LogP contribution in [0.2, 0.25) is 0 Å². The molecule has 1 heterocycles. The second-order valence-corrected chi connectivity index (χ2v) is 6.14. The lowest BCUT2D eigenvalue weighted by atomic mass is 10.0. The van der Waals surface area contributed by atoms with E-state index in [4.69, 9.17) is 21.5 Å². The van der Waals surface area contributed by atoms with Crippen LogP contribution in [-0.4, -0.2) is 15.7 Å². The van der Waals surface area contributed by atoms with Gasteiger partial charge in [0.05, 0.1) is 11.2 Å². The molecule has 0 unspecified atom stereocenters. The van der Waals surface area contributed by atoms with Crippen LogP contribution in [0.25, 0.3) is 27.4 Å². The summed E-state index contributed by atoms with van der Waals surface area (Å²) < 4.78 is 6.30. The fourth-order valence-corrected chi connectivity index (χ4v) is 3.13. The van der Waals surface area contributed by atoms with Crippen molar-refractivity contribution in [2.45, 2.75) is 0 Å². The molecule has 27 heavy (non-hydrogen) atoms. The molecule has 0 aliphatic carbocycles. The van der Waals surface area contributed by atoms with Crippen LogP contribution in [0.3, 0.4) is 0 Å². The number of hydrogen-bond donors (Lipinski definition) is 3. The van der Waals surface area contributed by atoms with E-state index in [1.54, 1.807) is 28.9 Å². The number of benzene rings is 3. The lowest BCUT2D eigenvalue weighted by Crippen LogP contribution is -2.12. The molecular formula is C18H15N5O3S. The van der Waals surface area contributed by atoms with Crippen molar-refractivity contribution >= 4 is 45.5 Å². The predicted molar refractivity (Wildman–Crippen MR) is 105 cm³/mol. The van der Waals surface area contributed by atoms with Crippen molar-refractivity contribution in [1.29, 1.82) is 0 Å². The summed E-state index contributed by atoms with van der Waals surface area (Å²) in [6, 6.07) is 16.3. The molecule has 0 saturated carbocycles. The molecule has 0 bridgehead atoms. The first-order chi connectivity index (χ1) is 13.1. The van der Waals surface area contributed by atoms with Crippen LogP contribution in [0.1, 0.15) is 10.5 Å². The van der Waals surface area contributed by atoms with E-state index in [2.05, 4.69) is 9.43 Å². The van der Waals surface area contributed by atoms with Gasteiger partial charge in [-0.1, -0.05) is 16.5 Å². The standard InChI is InChI=1S/C18H15N5O3S/c19-11-3-1-10-2-8-14-16(18(20)24)22-23(17(14)15(10)9-11)12-4-6-13(7-5-12)25-26-27-21/h1-9H,19,21H2,(H2,20,24). The third-order valence-corrected chi connectivity index (χ3v) is 4.31. The predicted octanol–water partition coefficient (Wildman–Crippen LogP) is 2.69. The summed E-state index contributed by atoms with van der Waals surface area (Å²) in [5.74, 6) is -0.132. The van der Waals surface area contributed by atoms with Gasteiger partial charge in [-0.25, -0.2) is 4.68 Å². The molecule has 0 saturated heterocycles. The van der Waals surface area contributed by atoms with Crippen molar-refractivity contribution in [1.82, 2.24) is 9.78 Å². The maximum atomic E-state index is 11.9. The SMILES string of the molecule is NSOOc1ccc(-n2nc(C(N)=O)c3ccc4ccc(N)cc4c32)cc1. The van der Waals surface area contributed by atoms with Crippen molar-refractivity contribution in [3.05, 3.63) is 60.3 Å². The fraction of sp³-hybridized carbons (Fsp3) is 0. The number of amides is 1. The first kappa shape index (κ1) is 17.2. The maximum Gasteiger partial charge on any atom is 0.269 e. The summed E-state index contributed by atoms with van der Waals surface area (Å²) in [5, 5.41) is 12.1. The maximum absolute atomic E-state index is 11.9. The highest BCUT2D eigenvalue weighted by molar-refractivity contribution is 7.92. The van der Waals surface area contributed by atoms with E-state index < -0.39 is 5.91 Å². The van der Waals surface area contributed by atoms with Gasteiger partial charge in [-0.2, -0.15) is 5.10 Å². The van der Waals surface area contributed by atoms with Crippen LogP contribution in [0.5, 0.6) is 5.75 Å². The van der Waals surface area contributed by atoms with Crippen LogP contribution in [-0.2, 0) is 4.33 Å². The summed E-state index contributed by atoms with van der Waals surface area (Å²) in [6.45, 7) is 0. The molecule has 1 aromatic heterocycles. The zero-order valence-corrected chi connectivity index (χ0v) is 14.8. The largest absolute Gasteiger partial charge is 0.399 e. The molecule has 8 nitrogen and oxygen atoms in total. The molecule has 1 amide bonds. The van der Waals surface area contributed by atoms with E-state index in [1.165, 1.54) is 0 Å². The van der Waals surface area contributed by atoms with Gasteiger partial charge in [0, 0.05) is 16.5 Å². The van der Waals surface area contributed by atoms with Crippen molar-refractivity contribution in [3.63, 3.8) is 0 Å². The Morgan fingerprint density at radius 2 is 1.78 bits per heavy atom. The molecule has 0 aliphatic heterocycles. The number of carbonyl (C=O) groups is 1. The third-order valence-electron chi connectivity index (χ3n) is 4.17. The third kappa shape index (κ3) is 3.04. The molecule has 0 atom stereocenters. The number of aromatic nitrogens is 2. The Kier molecular flexibility index (Phi) is 4.32. The molecular weight excluding hydrogens is 366 g/mol. The lowest BCUT2D eigenvalue weighted by molar-refractivity contribution is -0.0777. The van der Waals surface area contributed by atoms with E-state index in [-0.39, 0.29) is 5.69 Å². The number of anilines is 1. The molecule has 4 rings (SSSR count). The monoisotopic (exact) mass is 381 g/mol. The van der Waals surface area contributed by atoms with E-state index in [1.807, 2.05) is 30.3 Å². The van der Waals surface area contributed by atoms with Gasteiger partial charge >= 0.3 is 0 Å². The summed E-state index contributed by atoms with van der Waals surface area (Å²) >= 11 is 0.605. The number of nitrogens with two attached hydrogens (primary N) is 3. The van der Waals surface area contributed by atoms with Crippen LogP contribution in [0.15, 0.2) is 54.6 Å².